The number of anilines is 1. The second kappa shape index (κ2) is 5.01. The van der Waals surface area contributed by atoms with E-state index < -0.39 is 29.5 Å². The van der Waals surface area contributed by atoms with Crippen LogP contribution in [0.2, 0.25) is 0 Å². The zero-order valence-electron chi connectivity index (χ0n) is 13.4. The Balaban J connectivity index is 1.69. The van der Waals surface area contributed by atoms with Gasteiger partial charge in [0.05, 0.1) is 23.6 Å². The summed E-state index contributed by atoms with van der Waals surface area (Å²) in [6.45, 7) is 3.19. The van der Waals surface area contributed by atoms with Crippen molar-refractivity contribution in [1.82, 2.24) is 0 Å². The molecule has 4 unspecified atom stereocenters. The van der Waals surface area contributed by atoms with E-state index in [0.717, 1.165) is 5.56 Å². The van der Waals surface area contributed by atoms with E-state index in [1.807, 2.05) is 19.1 Å². The summed E-state index contributed by atoms with van der Waals surface area (Å²) in [7, 11) is 0. The highest BCUT2D eigenvalue weighted by molar-refractivity contribution is 6.23. The van der Waals surface area contributed by atoms with Crippen molar-refractivity contribution in [2.75, 3.05) is 11.5 Å². The van der Waals surface area contributed by atoms with E-state index in [-0.39, 0.29) is 18.4 Å². The molecule has 6 nitrogen and oxygen atoms in total. The molecule has 6 heteroatoms. The number of imide groups is 1. The van der Waals surface area contributed by atoms with Gasteiger partial charge in [-0.2, -0.15) is 0 Å². The van der Waals surface area contributed by atoms with Crippen LogP contribution in [0.25, 0.3) is 0 Å². The van der Waals surface area contributed by atoms with E-state index in [1.54, 1.807) is 24.3 Å². The first-order valence-corrected chi connectivity index (χ1v) is 7.88. The lowest BCUT2D eigenvalue weighted by Gasteiger charge is -2.28. The summed E-state index contributed by atoms with van der Waals surface area (Å²) >= 11 is 0. The molecular weight excluding hydrogens is 310 g/mol. The molecule has 0 saturated carbocycles. The van der Waals surface area contributed by atoms with Gasteiger partial charge in [0, 0.05) is 6.92 Å². The number of fused-ring (bicyclic) bond motifs is 5. The fourth-order valence-corrected chi connectivity index (χ4v) is 3.83. The Morgan fingerprint density at radius 2 is 1.96 bits per heavy atom. The van der Waals surface area contributed by atoms with E-state index in [1.165, 1.54) is 11.8 Å². The second-order valence-corrected chi connectivity index (χ2v) is 6.53. The first-order valence-electron chi connectivity index (χ1n) is 7.88. The summed E-state index contributed by atoms with van der Waals surface area (Å²) in [6, 6.07) is 7.26. The maximum Gasteiger partial charge on any atom is 0.302 e. The Bertz CT molecular complexity index is 768. The Labute approximate surface area is 139 Å². The van der Waals surface area contributed by atoms with E-state index in [9.17, 15) is 14.4 Å². The number of aryl methyl sites for hydroxylation is 1. The lowest BCUT2D eigenvalue weighted by molar-refractivity contribution is -0.150. The summed E-state index contributed by atoms with van der Waals surface area (Å²) in [5, 5.41) is 0. The van der Waals surface area contributed by atoms with Gasteiger partial charge in [-0.05, 0) is 25.1 Å². The fourth-order valence-electron chi connectivity index (χ4n) is 3.83. The SMILES string of the molecule is CC(=O)OCC12C=CC(O1)C1C(=O)N(c3ccc(C)cc3)C(=O)C12. The molecule has 2 fully saturated rings. The van der Waals surface area contributed by atoms with Gasteiger partial charge in [0.1, 0.15) is 12.2 Å². The van der Waals surface area contributed by atoms with Gasteiger partial charge in [0.2, 0.25) is 11.8 Å². The maximum atomic E-state index is 13.0. The third-order valence-electron chi connectivity index (χ3n) is 4.95. The van der Waals surface area contributed by atoms with Crippen molar-refractivity contribution in [3.8, 4) is 0 Å². The number of hydrogen-bond donors (Lipinski definition) is 0. The molecule has 3 heterocycles. The molecule has 2 saturated heterocycles. The second-order valence-electron chi connectivity index (χ2n) is 6.53. The molecule has 0 radical (unpaired) electrons. The quantitative estimate of drug-likeness (QED) is 0.476. The topological polar surface area (TPSA) is 72.9 Å². The molecule has 2 amide bonds. The van der Waals surface area contributed by atoms with Gasteiger partial charge in [0.25, 0.3) is 0 Å². The fraction of sp³-hybridized carbons (Fsp3) is 0.389. The molecule has 0 N–H and O–H groups in total. The zero-order valence-corrected chi connectivity index (χ0v) is 13.4. The molecule has 4 rings (SSSR count). The average Bonchev–Trinajstić information content (AvgIpc) is 3.18. The van der Waals surface area contributed by atoms with Crippen LogP contribution in [0.4, 0.5) is 5.69 Å². The van der Waals surface area contributed by atoms with Crippen molar-refractivity contribution in [3.05, 3.63) is 42.0 Å². The number of carbonyl (C=O) groups excluding carboxylic acids is 3. The first kappa shape index (κ1) is 15.1. The third-order valence-corrected chi connectivity index (χ3v) is 4.95. The number of rotatable bonds is 3. The number of amides is 2. The molecule has 0 spiro atoms. The van der Waals surface area contributed by atoms with Gasteiger partial charge >= 0.3 is 5.97 Å². The Hall–Kier alpha value is -2.47. The van der Waals surface area contributed by atoms with Gasteiger partial charge in [-0.15, -0.1) is 0 Å². The highest BCUT2D eigenvalue weighted by Gasteiger charge is 2.68. The molecule has 1 aromatic carbocycles. The minimum atomic E-state index is -1.03. The standard InChI is InChI=1S/C18H17NO5/c1-10-3-5-12(6-4-10)19-16(21)14-13-7-8-18(24-13,9-23-11(2)20)15(14)17(19)22/h3-8,13-15H,9H2,1-2H3. The Kier molecular flexibility index (Phi) is 3.15. The molecule has 3 aliphatic heterocycles. The van der Waals surface area contributed by atoms with Crippen LogP contribution < -0.4 is 4.90 Å². The van der Waals surface area contributed by atoms with Crippen LogP contribution in [-0.4, -0.2) is 36.1 Å². The summed E-state index contributed by atoms with van der Waals surface area (Å²) in [6.07, 6.45) is 3.09. The molecule has 3 aliphatic rings. The molecular formula is C18H17NO5. The van der Waals surface area contributed by atoms with Crippen molar-refractivity contribution < 1.29 is 23.9 Å². The summed E-state index contributed by atoms with van der Waals surface area (Å²) < 4.78 is 11.0. The van der Waals surface area contributed by atoms with E-state index in [2.05, 4.69) is 0 Å². The molecule has 124 valence electrons. The number of esters is 1. The summed E-state index contributed by atoms with van der Waals surface area (Å²) in [5.41, 5.74) is 0.578. The van der Waals surface area contributed by atoms with Crippen LogP contribution in [0, 0.1) is 18.8 Å². The molecule has 0 aliphatic carbocycles. The van der Waals surface area contributed by atoms with Crippen molar-refractivity contribution in [2.45, 2.75) is 25.6 Å². The monoisotopic (exact) mass is 327 g/mol. The van der Waals surface area contributed by atoms with Gasteiger partial charge in [-0.1, -0.05) is 23.8 Å². The van der Waals surface area contributed by atoms with E-state index in [0.29, 0.717) is 5.69 Å². The first-order chi connectivity index (χ1) is 11.4. The number of carbonyl (C=O) groups is 3. The van der Waals surface area contributed by atoms with Crippen LogP contribution in [0.3, 0.4) is 0 Å². The Morgan fingerprint density at radius 3 is 2.62 bits per heavy atom. The predicted octanol–water partition coefficient (Wildman–Crippen LogP) is 1.37. The summed E-state index contributed by atoms with van der Waals surface area (Å²) in [5.74, 6) is -2.21. The van der Waals surface area contributed by atoms with Crippen LogP contribution >= 0.6 is 0 Å². The van der Waals surface area contributed by atoms with E-state index >= 15 is 0 Å². The number of nitrogens with zero attached hydrogens (tertiary/aromatic N) is 1. The van der Waals surface area contributed by atoms with Gasteiger partial charge in [0.15, 0.2) is 0 Å². The predicted molar refractivity (Wildman–Crippen MR) is 84.0 cm³/mol. The molecule has 2 bridgehead atoms. The van der Waals surface area contributed by atoms with Crippen molar-refractivity contribution >= 4 is 23.5 Å². The third kappa shape index (κ3) is 1.96. The smallest absolute Gasteiger partial charge is 0.302 e. The van der Waals surface area contributed by atoms with Gasteiger partial charge < -0.3 is 9.47 Å². The molecule has 24 heavy (non-hydrogen) atoms. The number of ether oxygens (including phenoxy) is 2. The van der Waals surface area contributed by atoms with Crippen LogP contribution in [-0.2, 0) is 23.9 Å². The zero-order chi connectivity index (χ0) is 17.1. The lowest BCUT2D eigenvalue weighted by Crippen LogP contribution is -2.44. The maximum absolute atomic E-state index is 13.0. The highest BCUT2D eigenvalue weighted by Crippen LogP contribution is 2.52. The number of hydrogen-bond acceptors (Lipinski definition) is 5. The van der Waals surface area contributed by atoms with Crippen molar-refractivity contribution in [1.29, 1.82) is 0 Å². The average molecular weight is 327 g/mol. The minimum absolute atomic E-state index is 0.0583. The van der Waals surface area contributed by atoms with Crippen LogP contribution in [0.15, 0.2) is 36.4 Å². The lowest BCUT2D eigenvalue weighted by atomic mass is 9.77. The largest absolute Gasteiger partial charge is 0.462 e. The molecule has 0 aromatic heterocycles. The van der Waals surface area contributed by atoms with Crippen LogP contribution in [0.1, 0.15) is 12.5 Å². The van der Waals surface area contributed by atoms with Crippen molar-refractivity contribution in [3.63, 3.8) is 0 Å². The highest BCUT2D eigenvalue weighted by atomic mass is 16.6. The van der Waals surface area contributed by atoms with E-state index in [4.69, 9.17) is 9.47 Å². The normalized spacial score (nSPS) is 33.2. The van der Waals surface area contributed by atoms with Gasteiger partial charge in [-0.3, -0.25) is 14.4 Å². The summed E-state index contributed by atoms with van der Waals surface area (Å²) in [4.78, 5) is 38.2. The van der Waals surface area contributed by atoms with Crippen molar-refractivity contribution in [2.24, 2.45) is 11.8 Å². The van der Waals surface area contributed by atoms with Gasteiger partial charge in [-0.25, -0.2) is 4.90 Å². The molecule has 1 aromatic rings. The number of benzene rings is 1. The Morgan fingerprint density at radius 1 is 1.25 bits per heavy atom. The molecule has 4 atom stereocenters. The van der Waals surface area contributed by atoms with Crippen LogP contribution in [0.5, 0.6) is 0 Å². The minimum Gasteiger partial charge on any atom is -0.462 e.